The van der Waals surface area contributed by atoms with Crippen molar-refractivity contribution in [1.29, 1.82) is 0 Å². The largest absolute Gasteiger partial charge is 0.315 e. The Bertz CT molecular complexity index is 1730. The molecule has 12 heteroatoms. The molecule has 1 N–H and O–H groups in total. The number of nitrogens with zero attached hydrogens (tertiary/aromatic N) is 7. The topological polar surface area (TPSA) is 136 Å². The number of Topliss-reactive ketones (excluding diaryl/α,β-unsaturated/α-hetero) is 1. The molecular weight excluding hydrogens is 588 g/mol. The van der Waals surface area contributed by atoms with Gasteiger partial charge in [0.1, 0.15) is 34.5 Å². The molecule has 0 bridgehead atoms. The molecule has 4 aromatic heterocycles. The van der Waals surface area contributed by atoms with Gasteiger partial charge in [-0.3, -0.25) is 24.0 Å². The minimum absolute atomic E-state index is 0.112. The molecule has 5 heterocycles. The van der Waals surface area contributed by atoms with Gasteiger partial charge in [0.2, 0.25) is 11.8 Å². The number of rotatable bonds is 6. The molecule has 0 aromatic carbocycles. The van der Waals surface area contributed by atoms with Crippen molar-refractivity contribution >= 4 is 50.2 Å². The van der Waals surface area contributed by atoms with Gasteiger partial charge in [-0.25, -0.2) is 15.0 Å². The van der Waals surface area contributed by atoms with E-state index in [2.05, 4.69) is 52.2 Å². The monoisotopic (exact) mass is 614 g/mol. The van der Waals surface area contributed by atoms with E-state index in [0.29, 0.717) is 44.8 Å². The maximum absolute atomic E-state index is 13.8. The zero-order valence-electron chi connectivity index (χ0n) is 22.9. The van der Waals surface area contributed by atoms with E-state index in [9.17, 15) is 14.4 Å². The average Bonchev–Trinajstić information content (AvgIpc) is 3.48. The van der Waals surface area contributed by atoms with E-state index in [-0.39, 0.29) is 29.8 Å². The van der Waals surface area contributed by atoms with Crippen molar-refractivity contribution in [3.8, 4) is 23.6 Å². The van der Waals surface area contributed by atoms with Crippen LogP contribution in [0.5, 0.6) is 0 Å². The Balaban J connectivity index is 1.46. The molecule has 11 nitrogen and oxygen atoms in total. The van der Waals surface area contributed by atoms with Crippen molar-refractivity contribution in [2.45, 2.75) is 52.7 Å². The number of fused-ring (bicyclic) bond motifs is 1. The zero-order chi connectivity index (χ0) is 29.4. The molecule has 2 amide bonds. The minimum Gasteiger partial charge on any atom is -0.315 e. The standard InChI is InChI=1S/C29H27BrN8O3/c1-6-22-16(3)9-23(29(41)35-28-15(2)7-8-25(30)34-28)38(22)26(40)14-37-24-13-33-21(19-11-31-18(5)32-12-19)10-20(24)27(36-37)17(4)39/h1,7-8,10-13,16,22-23H,9,14H2,2-5H3,(H,34,35,41)/t16-,22+,23-/m0/s1. The average molecular weight is 615 g/mol. The SMILES string of the molecule is C#C[C@@H]1[C@@H](C)C[C@@H](C(=O)Nc2nc(Br)ccc2C)N1C(=O)Cn1nc(C(C)=O)c2cc(-c3cnc(C)nc3)ncc21. The molecule has 4 aromatic rings. The molecule has 0 radical (unpaired) electrons. The van der Waals surface area contributed by atoms with Crippen molar-refractivity contribution in [3.05, 3.63) is 58.5 Å². The number of aromatic nitrogens is 6. The Kier molecular flexibility index (Phi) is 7.64. The van der Waals surface area contributed by atoms with E-state index in [1.54, 1.807) is 37.6 Å². The van der Waals surface area contributed by atoms with Gasteiger partial charge in [0, 0.05) is 30.3 Å². The number of anilines is 1. The molecule has 0 aliphatic carbocycles. The molecule has 3 atom stereocenters. The summed E-state index contributed by atoms with van der Waals surface area (Å²) < 4.78 is 2.01. The van der Waals surface area contributed by atoms with Crippen LogP contribution < -0.4 is 5.32 Å². The third-order valence-corrected chi connectivity index (χ3v) is 7.61. The number of hydrogen-bond acceptors (Lipinski definition) is 8. The van der Waals surface area contributed by atoms with Crippen LogP contribution in [0.15, 0.2) is 41.4 Å². The lowest BCUT2D eigenvalue weighted by Gasteiger charge is -2.28. The van der Waals surface area contributed by atoms with E-state index in [1.165, 1.54) is 16.5 Å². The fourth-order valence-corrected chi connectivity index (χ4v) is 5.36. The molecular formula is C29H27BrN8O3. The highest BCUT2D eigenvalue weighted by atomic mass is 79.9. The van der Waals surface area contributed by atoms with E-state index in [0.717, 1.165) is 5.56 Å². The molecule has 1 aliphatic rings. The summed E-state index contributed by atoms with van der Waals surface area (Å²) in [7, 11) is 0. The van der Waals surface area contributed by atoms with E-state index in [1.807, 2.05) is 19.9 Å². The van der Waals surface area contributed by atoms with Crippen LogP contribution in [0.25, 0.3) is 22.2 Å². The summed E-state index contributed by atoms with van der Waals surface area (Å²) in [6.07, 6.45) is 11.1. The molecule has 41 heavy (non-hydrogen) atoms. The van der Waals surface area contributed by atoms with Crippen LogP contribution in [0, 0.1) is 32.1 Å². The van der Waals surface area contributed by atoms with Crippen LogP contribution >= 0.6 is 15.9 Å². The Morgan fingerprint density at radius 1 is 1.15 bits per heavy atom. The van der Waals surface area contributed by atoms with Gasteiger partial charge in [-0.1, -0.05) is 18.9 Å². The molecule has 1 fully saturated rings. The van der Waals surface area contributed by atoms with Crippen LogP contribution in [0.4, 0.5) is 5.82 Å². The van der Waals surface area contributed by atoms with Gasteiger partial charge < -0.3 is 10.2 Å². The first-order valence-electron chi connectivity index (χ1n) is 12.9. The van der Waals surface area contributed by atoms with Crippen LogP contribution in [-0.2, 0) is 16.1 Å². The lowest BCUT2D eigenvalue weighted by molar-refractivity contribution is -0.138. The van der Waals surface area contributed by atoms with Gasteiger partial charge >= 0.3 is 0 Å². The number of amides is 2. The van der Waals surface area contributed by atoms with Crippen LogP contribution in [0.1, 0.15) is 42.1 Å². The summed E-state index contributed by atoms with van der Waals surface area (Å²) in [4.78, 5) is 58.5. The first kappa shape index (κ1) is 28.0. The van der Waals surface area contributed by atoms with Crippen molar-refractivity contribution in [2.24, 2.45) is 5.92 Å². The molecule has 0 spiro atoms. The predicted octanol–water partition coefficient (Wildman–Crippen LogP) is 3.74. The molecule has 1 aliphatic heterocycles. The first-order valence-corrected chi connectivity index (χ1v) is 13.7. The summed E-state index contributed by atoms with van der Waals surface area (Å²) in [6, 6.07) is 3.95. The number of terminal acetylenes is 1. The summed E-state index contributed by atoms with van der Waals surface area (Å²) >= 11 is 3.33. The number of halogens is 1. The van der Waals surface area contributed by atoms with Crippen LogP contribution in [-0.4, -0.2) is 64.3 Å². The lowest BCUT2D eigenvalue weighted by atomic mass is 10.0. The fourth-order valence-electron chi connectivity index (χ4n) is 5.05. The second-order valence-corrected chi connectivity index (χ2v) is 10.9. The van der Waals surface area contributed by atoms with E-state index < -0.39 is 18.0 Å². The van der Waals surface area contributed by atoms with Gasteiger partial charge in [0.25, 0.3) is 0 Å². The van der Waals surface area contributed by atoms with Gasteiger partial charge in [0.15, 0.2) is 5.78 Å². The van der Waals surface area contributed by atoms with Gasteiger partial charge in [-0.15, -0.1) is 6.42 Å². The van der Waals surface area contributed by atoms with Gasteiger partial charge in [-0.2, -0.15) is 5.10 Å². The van der Waals surface area contributed by atoms with Crippen LogP contribution in [0.3, 0.4) is 0 Å². The summed E-state index contributed by atoms with van der Waals surface area (Å²) in [6.45, 7) is 6.71. The van der Waals surface area contributed by atoms with Crippen molar-refractivity contribution < 1.29 is 14.4 Å². The Hall–Kier alpha value is -4.50. The number of nitrogens with one attached hydrogen (secondary N) is 1. The number of ketones is 1. The summed E-state index contributed by atoms with van der Waals surface area (Å²) in [5.74, 6) is 2.57. The Morgan fingerprint density at radius 2 is 1.88 bits per heavy atom. The second kappa shape index (κ2) is 11.2. The maximum atomic E-state index is 13.8. The van der Waals surface area contributed by atoms with Crippen molar-refractivity contribution in [2.75, 3.05) is 5.32 Å². The lowest BCUT2D eigenvalue weighted by Crippen LogP contribution is -2.48. The number of aryl methyl sites for hydroxylation is 2. The maximum Gasteiger partial charge on any atom is 0.248 e. The fraction of sp³-hybridized carbons (Fsp3) is 0.310. The predicted molar refractivity (Wildman–Crippen MR) is 156 cm³/mol. The van der Waals surface area contributed by atoms with E-state index in [4.69, 9.17) is 6.42 Å². The normalized spacial score (nSPS) is 18.3. The molecule has 0 unspecified atom stereocenters. The summed E-state index contributed by atoms with van der Waals surface area (Å²) in [5, 5.41) is 7.86. The number of carbonyl (C=O) groups is 3. The van der Waals surface area contributed by atoms with E-state index >= 15 is 0 Å². The Morgan fingerprint density at radius 3 is 2.56 bits per heavy atom. The highest BCUT2D eigenvalue weighted by Gasteiger charge is 2.44. The van der Waals surface area contributed by atoms with Gasteiger partial charge in [0.05, 0.1) is 23.4 Å². The highest BCUT2D eigenvalue weighted by Crippen LogP contribution is 2.32. The first-order chi connectivity index (χ1) is 19.6. The number of likely N-dealkylation sites (tertiary alicyclic amines) is 1. The molecule has 1 saturated heterocycles. The van der Waals surface area contributed by atoms with Crippen molar-refractivity contribution in [1.82, 2.24) is 34.6 Å². The number of carbonyl (C=O) groups excluding carboxylic acids is 3. The zero-order valence-corrected chi connectivity index (χ0v) is 24.5. The number of pyridine rings is 2. The quantitative estimate of drug-likeness (QED) is 0.197. The van der Waals surface area contributed by atoms with Gasteiger partial charge in [-0.05, 0) is 59.8 Å². The highest BCUT2D eigenvalue weighted by molar-refractivity contribution is 9.10. The second-order valence-electron chi connectivity index (χ2n) is 10.1. The molecule has 208 valence electrons. The summed E-state index contributed by atoms with van der Waals surface area (Å²) in [5.41, 5.74) is 2.74. The number of hydrogen-bond donors (Lipinski definition) is 1. The Labute approximate surface area is 244 Å². The third-order valence-electron chi connectivity index (χ3n) is 7.17. The molecule has 5 rings (SSSR count). The third kappa shape index (κ3) is 5.45. The smallest absolute Gasteiger partial charge is 0.248 e. The van der Waals surface area contributed by atoms with Crippen LogP contribution in [0.2, 0.25) is 0 Å². The minimum atomic E-state index is -0.806. The molecule has 0 saturated carbocycles. The van der Waals surface area contributed by atoms with Crippen molar-refractivity contribution in [3.63, 3.8) is 0 Å².